The molecule has 0 aliphatic rings. The summed E-state index contributed by atoms with van der Waals surface area (Å²) in [5.74, 6) is 0. The Morgan fingerprint density at radius 2 is 2.09 bits per heavy atom. The number of rotatable bonds is 2. The van der Waals surface area contributed by atoms with E-state index in [1.165, 1.54) is 5.56 Å². The Balaban J connectivity index is 2.86. The minimum absolute atomic E-state index is 0.597. The van der Waals surface area contributed by atoms with E-state index in [0.717, 1.165) is 5.69 Å². The second kappa shape index (κ2) is 3.56. The summed E-state index contributed by atoms with van der Waals surface area (Å²) in [5.41, 5.74) is 7.67. The molecule has 0 amide bonds. The van der Waals surface area contributed by atoms with Gasteiger partial charge in [0.25, 0.3) is 0 Å². The van der Waals surface area contributed by atoms with Crippen LogP contribution in [0, 0.1) is 6.92 Å². The average Bonchev–Trinajstić information content (AvgIpc) is 1.93. The van der Waals surface area contributed by atoms with E-state index in [1.54, 1.807) is 0 Å². The molecule has 58 valence electrons. The van der Waals surface area contributed by atoms with Crippen LogP contribution in [0.25, 0.3) is 0 Å². The summed E-state index contributed by atoms with van der Waals surface area (Å²) in [6.07, 6.45) is 0. The van der Waals surface area contributed by atoms with E-state index in [1.807, 2.05) is 31.2 Å². The van der Waals surface area contributed by atoms with Crippen molar-refractivity contribution in [3.8, 4) is 0 Å². The standard InChI is InChI=1S/C8H10N2Se/c1-6-4-2-3-5-7(6)10-8(9)11/h2-5H,1H3,(H3,9,10,11). The fourth-order valence-electron chi connectivity index (χ4n) is 0.846. The van der Waals surface area contributed by atoms with Gasteiger partial charge in [0.15, 0.2) is 0 Å². The molecule has 3 N–H and O–H groups in total. The van der Waals surface area contributed by atoms with Gasteiger partial charge in [-0.3, -0.25) is 0 Å². The zero-order chi connectivity index (χ0) is 8.27. The van der Waals surface area contributed by atoms with E-state index in [-0.39, 0.29) is 0 Å². The van der Waals surface area contributed by atoms with Crippen molar-refractivity contribution in [3.63, 3.8) is 0 Å². The van der Waals surface area contributed by atoms with E-state index in [9.17, 15) is 0 Å². The zero-order valence-corrected chi connectivity index (χ0v) is 8.01. The number of hydrogen-bond acceptors (Lipinski definition) is 2. The van der Waals surface area contributed by atoms with Crippen molar-refractivity contribution in [1.82, 2.24) is 0 Å². The molecule has 0 aliphatic carbocycles. The van der Waals surface area contributed by atoms with Gasteiger partial charge in [-0.1, -0.05) is 0 Å². The summed E-state index contributed by atoms with van der Waals surface area (Å²) >= 11 is 2.70. The molecule has 3 heteroatoms. The van der Waals surface area contributed by atoms with Crippen LogP contribution in [0.15, 0.2) is 24.3 Å². The molecule has 0 radical (unpaired) electrons. The van der Waals surface area contributed by atoms with Gasteiger partial charge in [0.2, 0.25) is 0 Å². The summed E-state index contributed by atoms with van der Waals surface area (Å²) in [7, 11) is 0. The van der Waals surface area contributed by atoms with Crippen LogP contribution in [0.5, 0.6) is 0 Å². The molecule has 11 heavy (non-hydrogen) atoms. The Hall–Kier alpha value is -0.791. The monoisotopic (exact) mass is 214 g/mol. The molecular formula is C8H10N2Se. The minimum atomic E-state index is 0.597. The van der Waals surface area contributed by atoms with Crippen LogP contribution in [0.1, 0.15) is 5.56 Å². The number of nitrogens with one attached hydrogen (secondary N) is 1. The molecule has 1 rings (SSSR count). The van der Waals surface area contributed by atoms with Gasteiger partial charge in [-0.05, 0) is 0 Å². The molecule has 0 unspecified atom stereocenters. The molecule has 0 bridgehead atoms. The summed E-state index contributed by atoms with van der Waals surface area (Å²) < 4.78 is 0.597. The molecule has 0 saturated carbocycles. The number of anilines is 1. The molecule has 0 spiro atoms. The third-order valence-electron chi connectivity index (χ3n) is 1.40. The van der Waals surface area contributed by atoms with Gasteiger partial charge in [0.1, 0.15) is 0 Å². The molecule has 0 saturated heterocycles. The van der Waals surface area contributed by atoms with Gasteiger partial charge in [-0.25, -0.2) is 0 Å². The van der Waals surface area contributed by atoms with Gasteiger partial charge in [-0.15, -0.1) is 0 Å². The summed E-state index contributed by atoms with van der Waals surface area (Å²) in [6.45, 7) is 2.03. The van der Waals surface area contributed by atoms with Crippen LogP contribution >= 0.6 is 0 Å². The normalized spacial score (nSPS) is 9.18. The zero-order valence-electron chi connectivity index (χ0n) is 6.29. The van der Waals surface area contributed by atoms with E-state index in [2.05, 4.69) is 20.9 Å². The molecule has 1 aromatic carbocycles. The van der Waals surface area contributed by atoms with Crippen LogP contribution in [-0.4, -0.2) is 20.2 Å². The maximum absolute atomic E-state index is 5.44. The molecule has 2 nitrogen and oxygen atoms in total. The van der Waals surface area contributed by atoms with Crippen molar-refractivity contribution in [1.29, 1.82) is 0 Å². The van der Waals surface area contributed by atoms with Gasteiger partial charge < -0.3 is 0 Å². The number of hydrogen-bond donors (Lipinski definition) is 2. The summed E-state index contributed by atoms with van der Waals surface area (Å²) in [6, 6.07) is 7.99. The van der Waals surface area contributed by atoms with Crippen molar-refractivity contribution in [3.05, 3.63) is 29.8 Å². The van der Waals surface area contributed by atoms with Crippen LogP contribution in [0.3, 0.4) is 0 Å². The summed E-state index contributed by atoms with van der Waals surface area (Å²) in [4.78, 5) is 0. The van der Waals surface area contributed by atoms with Crippen molar-refractivity contribution in [2.45, 2.75) is 6.92 Å². The van der Waals surface area contributed by atoms with E-state index < -0.39 is 0 Å². The first-order valence-electron chi connectivity index (χ1n) is 3.32. The van der Waals surface area contributed by atoms with Crippen LogP contribution in [0.2, 0.25) is 0 Å². The Kier molecular flexibility index (Phi) is 2.69. The first-order chi connectivity index (χ1) is 5.20. The molecule has 0 heterocycles. The fourth-order valence-corrected chi connectivity index (χ4v) is 1.08. The van der Waals surface area contributed by atoms with Crippen molar-refractivity contribution < 1.29 is 0 Å². The Morgan fingerprint density at radius 3 is 2.64 bits per heavy atom. The van der Waals surface area contributed by atoms with E-state index in [0.29, 0.717) is 4.67 Å². The molecule has 0 aromatic heterocycles. The van der Waals surface area contributed by atoms with Crippen LogP contribution < -0.4 is 11.1 Å². The molecule has 0 fully saturated rings. The van der Waals surface area contributed by atoms with Gasteiger partial charge in [0, 0.05) is 0 Å². The second-order valence-corrected chi connectivity index (χ2v) is 3.23. The molecule has 0 atom stereocenters. The van der Waals surface area contributed by atoms with Gasteiger partial charge >= 0.3 is 73.7 Å². The topological polar surface area (TPSA) is 38.0 Å². The first kappa shape index (κ1) is 8.31. The summed E-state index contributed by atoms with van der Waals surface area (Å²) in [5, 5.41) is 3.01. The second-order valence-electron chi connectivity index (χ2n) is 2.30. The molecule has 1 aromatic rings. The molecule has 0 aliphatic heterocycles. The van der Waals surface area contributed by atoms with Crippen molar-refractivity contribution >= 4 is 25.9 Å². The van der Waals surface area contributed by atoms with Gasteiger partial charge in [0.05, 0.1) is 0 Å². The van der Waals surface area contributed by atoms with Crippen molar-refractivity contribution in [2.24, 2.45) is 5.73 Å². The Labute approximate surface area is 74.2 Å². The number of para-hydroxylation sites is 1. The average molecular weight is 213 g/mol. The van der Waals surface area contributed by atoms with E-state index in [4.69, 9.17) is 5.73 Å². The predicted molar refractivity (Wildman–Crippen MR) is 49.8 cm³/mol. The Morgan fingerprint density at radius 1 is 1.45 bits per heavy atom. The predicted octanol–water partition coefficient (Wildman–Crippen LogP) is 0.622. The molecular weight excluding hydrogens is 203 g/mol. The number of benzene rings is 1. The van der Waals surface area contributed by atoms with Crippen molar-refractivity contribution in [2.75, 3.05) is 5.32 Å². The van der Waals surface area contributed by atoms with Crippen LogP contribution in [-0.2, 0) is 0 Å². The quantitative estimate of drug-likeness (QED) is 0.707. The first-order valence-corrected chi connectivity index (χ1v) is 4.18. The van der Waals surface area contributed by atoms with E-state index >= 15 is 0 Å². The Bertz CT molecular complexity index is 271. The third kappa shape index (κ3) is 2.37. The fraction of sp³-hybridized carbons (Fsp3) is 0.125. The number of aryl methyl sites for hydroxylation is 1. The van der Waals surface area contributed by atoms with Crippen LogP contribution in [0.4, 0.5) is 5.69 Å². The van der Waals surface area contributed by atoms with Gasteiger partial charge in [-0.2, -0.15) is 0 Å². The maximum atomic E-state index is 5.44. The number of nitrogens with two attached hydrogens (primary N) is 1. The SMILES string of the molecule is Cc1ccccc1NC(N)=[Se]. The third-order valence-corrected chi connectivity index (χ3v) is 1.62.